The number of benzene rings is 1. The number of hydrogen-bond acceptors (Lipinski definition) is 4. The Balaban J connectivity index is 2.07. The minimum Gasteiger partial charge on any atom is -0.478 e. The van der Waals surface area contributed by atoms with Crippen molar-refractivity contribution in [1.29, 1.82) is 0 Å². The fourth-order valence-electron chi connectivity index (χ4n) is 2.38. The van der Waals surface area contributed by atoms with Gasteiger partial charge in [-0.3, -0.25) is 9.97 Å². The van der Waals surface area contributed by atoms with Crippen LogP contribution in [0.1, 0.15) is 15.9 Å². The quantitative estimate of drug-likeness (QED) is 0.729. The van der Waals surface area contributed by atoms with Gasteiger partial charge in [0.15, 0.2) is 0 Å². The maximum absolute atomic E-state index is 11.5. The molecule has 0 spiro atoms. The SMILES string of the molecule is Cc1ccc(Nc2cccnc2-c2ccncc2Cl)c(C(=O)O)c1. The third-order valence-corrected chi connectivity index (χ3v) is 3.81. The molecule has 3 aromatic rings. The molecule has 0 aliphatic rings. The molecule has 0 saturated heterocycles. The van der Waals surface area contributed by atoms with Crippen molar-refractivity contribution in [2.45, 2.75) is 6.92 Å². The summed E-state index contributed by atoms with van der Waals surface area (Å²) in [6.45, 7) is 1.85. The number of pyridine rings is 2. The Morgan fingerprint density at radius 1 is 1.17 bits per heavy atom. The second-order valence-corrected chi connectivity index (χ2v) is 5.64. The number of nitrogens with zero attached hydrogens (tertiary/aromatic N) is 2. The molecule has 0 unspecified atom stereocenters. The van der Waals surface area contributed by atoms with Crippen molar-refractivity contribution < 1.29 is 9.90 Å². The van der Waals surface area contributed by atoms with Gasteiger partial charge < -0.3 is 10.4 Å². The zero-order chi connectivity index (χ0) is 17.1. The lowest BCUT2D eigenvalue weighted by Gasteiger charge is -2.14. The molecule has 0 saturated carbocycles. The Labute approximate surface area is 144 Å². The molecule has 0 amide bonds. The summed E-state index contributed by atoms with van der Waals surface area (Å²) in [5.41, 5.74) is 3.58. The van der Waals surface area contributed by atoms with Crippen LogP contribution in [0.2, 0.25) is 5.02 Å². The second kappa shape index (κ2) is 6.68. The summed E-state index contributed by atoms with van der Waals surface area (Å²) in [6.07, 6.45) is 4.84. The largest absolute Gasteiger partial charge is 0.478 e. The van der Waals surface area contributed by atoms with Gasteiger partial charge in [-0.25, -0.2) is 4.79 Å². The number of anilines is 2. The Morgan fingerprint density at radius 2 is 2.00 bits per heavy atom. The molecule has 0 radical (unpaired) electrons. The molecular weight excluding hydrogens is 326 g/mol. The van der Waals surface area contributed by atoms with E-state index >= 15 is 0 Å². The molecule has 24 heavy (non-hydrogen) atoms. The van der Waals surface area contributed by atoms with E-state index in [-0.39, 0.29) is 5.56 Å². The lowest BCUT2D eigenvalue weighted by atomic mass is 10.1. The Morgan fingerprint density at radius 3 is 2.75 bits per heavy atom. The third kappa shape index (κ3) is 3.21. The first-order chi connectivity index (χ1) is 11.6. The first-order valence-electron chi connectivity index (χ1n) is 7.22. The molecule has 6 heteroatoms. The molecule has 0 aliphatic heterocycles. The van der Waals surface area contributed by atoms with Crippen LogP contribution in [0.5, 0.6) is 0 Å². The highest BCUT2D eigenvalue weighted by Gasteiger charge is 2.14. The molecule has 2 N–H and O–H groups in total. The Bertz CT molecular complexity index is 912. The number of carboxylic acid groups (broad SMARTS) is 1. The Kier molecular flexibility index (Phi) is 4.44. The van der Waals surface area contributed by atoms with Gasteiger partial charge in [0.05, 0.1) is 27.7 Å². The van der Waals surface area contributed by atoms with E-state index in [0.717, 1.165) is 11.1 Å². The van der Waals surface area contributed by atoms with E-state index in [9.17, 15) is 9.90 Å². The fourth-order valence-corrected chi connectivity index (χ4v) is 2.59. The summed E-state index contributed by atoms with van der Waals surface area (Å²) in [5, 5.41) is 13.0. The lowest BCUT2D eigenvalue weighted by molar-refractivity contribution is 0.0698. The van der Waals surface area contributed by atoms with Crippen LogP contribution < -0.4 is 5.32 Å². The third-order valence-electron chi connectivity index (χ3n) is 3.51. The van der Waals surface area contributed by atoms with E-state index in [1.807, 2.05) is 19.1 Å². The van der Waals surface area contributed by atoms with Gasteiger partial charge in [0.2, 0.25) is 0 Å². The van der Waals surface area contributed by atoms with E-state index in [4.69, 9.17) is 11.6 Å². The van der Waals surface area contributed by atoms with Crippen LogP contribution in [-0.4, -0.2) is 21.0 Å². The number of halogens is 1. The molecule has 2 heterocycles. The molecule has 0 fully saturated rings. The number of rotatable bonds is 4. The van der Waals surface area contributed by atoms with Gasteiger partial charge in [-0.1, -0.05) is 23.2 Å². The van der Waals surface area contributed by atoms with Crippen molar-refractivity contribution in [2.75, 3.05) is 5.32 Å². The Hall–Kier alpha value is -2.92. The second-order valence-electron chi connectivity index (χ2n) is 5.23. The normalized spacial score (nSPS) is 10.4. The molecule has 120 valence electrons. The fraction of sp³-hybridized carbons (Fsp3) is 0.0556. The first-order valence-corrected chi connectivity index (χ1v) is 7.60. The monoisotopic (exact) mass is 339 g/mol. The van der Waals surface area contributed by atoms with Gasteiger partial charge in [-0.15, -0.1) is 0 Å². The number of carbonyl (C=O) groups is 1. The van der Waals surface area contributed by atoms with Gasteiger partial charge in [0, 0.05) is 24.2 Å². The number of nitrogens with one attached hydrogen (secondary N) is 1. The van der Waals surface area contributed by atoms with Gasteiger partial charge in [0.25, 0.3) is 0 Å². The van der Waals surface area contributed by atoms with Crippen LogP contribution in [0.3, 0.4) is 0 Å². The molecule has 3 rings (SSSR count). The maximum Gasteiger partial charge on any atom is 0.337 e. The van der Waals surface area contributed by atoms with Crippen LogP contribution in [0.15, 0.2) is 55.0 Å². The number of aromatic carboxylic acids is 1. The van der Waals surface area contributed by atoms with Crippen LogP contribution in [0.25, 0.3) is 11.3 Å². The number of carboxylic acids is 1. The van der Waals surface area contributed by atoms with Gasteiger partial charge in [-0.2, -0.15) is 0 Å². The summed E-state index contributed by atoms with van der Waals surface area (Å²) >= 11 is 6.21. The summed E-state index contributed by atoms with van der Waals surface area (Å²) in [5.74, 6) is -0.992. The van der Waals surface area contributed by atoms with Crippen molar-refractivity contribution in [1.82, 2.24) is 9.97 Å². The highest BCUT2D eigenvalue weighted by molar-refractivity contribution is 6.33. The molecule has 2 aromatic heterocycles. The van der Waals surface area contributed by atoms with E-state index in [2.05, 4.69) is 15.3 Å². The van der Waals surface area contributed by atoms with E-state index in [0.29, 0.717) is 22.1 Å². The number of aryl methyl sites for hydroxylation is 1. The van der Waals surface area contributed by atoms with Gasteiger partial charge in [-0.05, 0) is 37.3 Å². The zero-order valence-electron chi connectivity index (χ0n) is 12.8. The van der Waals surface area contributed by atoms with Gasteiger partial charge in [0.1, 0.15) is 0 Å². The highest BCUT2D eigenvalue weighted by atomic mass is 35.5. The van der Waals surface area contributed by atoms with Crippen LogP contribution in [0, 0.1) is 6.92 Å². The maximum atomic E-state index is 11.5. The smallest absolute Gasteiger partial charge is 0.337 e. The topological polar surface area (TPSA) is 75.1 Å². The molecule has 0 aliphatic carbocycles. The standard InChI is InChI=1S/C18H14ClN3O2/c1-11-4-5-15(13(9-11)18(23)24)22-16-3-2-7-21-17(16)12-6-8-20-10-14(12)19/h2-10,22H,1H3,(H,23,24). The summed E-state index contributed by atoms with van der Waals surface area (Å²) < 4.78 is 0. The highest BCUT2D eigenvalue weighted by Crippen LogP contribution is 2.33. The molecule has 0 bridgehead atoms. The minimum atomic E-state index is -0.992. The molecule has 5 nitrogen and oxygen atoms in total. The van der Waals surface area contributed by atoms with Crippen molar-refractivity contribution in [2.24, 2.45) is 0 Å². The van der Waals surface area contributed by atoms with E-state index < -0.39 is 5.97 Å². The van der Waals surface area contributed by atoms with Gasteiger partial charge >= 0.3 is 5.97 Å². The summed E-state index contributed by atoms with van der Waals surface area (Å²) in [6, 6.07) is 10.6. The van der Waals surface area contributed by atoms with Crippen LogP contribution >= 0.6 is 11.6 Å². The molecule has 0 atom stereocenters. The first kappa shape index (κ1) is 16.0. The van der Waals surface area contributed by atoms with Crippen molar-refractivity contribution >= 4 is 28.9 Å². The van der Waals surface area contributed by atoms with E-state index in [1.54, 1.807) is 42.9 Å². The van der Waals surface area contributed by atoms with Crippen LogP contribution in [-0.2, 0) is 0 Å². The number of hydrogen-bond donors (Lipinski definition) is 2. The van der Waals surface area contributed by atoms with Crippen LogP contribution in [0.4, 0.5) is 11.4 Å². The van der Waals surface area contributed by atoms with E-state index in [1.165, 1.54) is 0 Å². The molecule has 1 aromatic carbocycles. The average molecular weight is 340 g/mol. The average Bonchev–Trinajstić information content (AvgIpc) is 2.57. The van der Waals surface area contributed by atoms with Crippen molar-refractivity contribution in [3.63, 3.8) is 0 Å². The zero-order valence-corrected chi connectivity index (χ0v) is 13.6. The minimum absolute atomic E-state index is 0.200. The van der Waals surface area contributed by atoms with Crippen molar-refractivity contribution in [3.05, 3.63) is 71.1 Å². The molecular formula is C18H14ClN3O2. The number of aromatic nitrogens is 2. The lowest BCUT2D eigenvalue weighted by Crippen LogP contribution is -2.04. The summed E-state index contributed by atoms with van der Waals surface area (Å²) in [4.78, 5) is 19.8. The summed E-state index contributed by atoms with van der Waals surface area (Å²) in [7, 11) is 0. The predicted octanol–water partition coefficient (Wildman–Crippen LogP) is 4.55. The predicted molar refractivity (Wildman–Crippen MR) is 93.9 cm³/mol. The van der Waals surface area contributed by atoms with Crippen molar-refractivity contribution in [3.8, 4) is 11.3 Å².